The summed E-state index contributed by atoms with van der Waals surface area (Å²) in [4.78, 5) is 14.5. The molecule has 2 heterocycles. The van der Waals surface area contributed by atoms with Gasteiger partial charge in [0.25, 0.3) is 5.91 Å². The third-order valence-corrected chi connectivity index (χ3v) is 5.87. The summed E-state index contributed by atoms with van der Waals surface area (Å²) in [5, 5.41) is 7.31. The van der Waals surface area contributed by atoms with Crippen LogP contribution in [0.1, 0.15) is 20.1 Å². The van der Waals surface area contributed by atoms with Crippen molar-refractivity contribution in [1.29, 1.82) is 0 Å². The van der Waals surface area contributed by atoms with Gasteiger partial charge in [0.1, 0.15) is 0 Å². The smallest absolute Gasteiger partial charge is 0.261 e. The monoisotopic (exact) mass is 432 g/mol. The third kappa shape index (κ3) is 4.06. The van der Waals surface area contributed by atoms with Crippen LogP contribution in [-0.4, -0.2) is 28.3 Å². The van der Waals surface area contributed by atoms with E-state index in [9.17, 15) is 4.79 Å². The van der Waals surface area contributed by atoms with Crippen molar-refractivity contribution in [3.05, 3.63) is 62.4 Å². The van der Waals surface area contributed by atoms with E-state index >= 15 is 0 Å². The number of nitrogens with one attached hydrogen (secondary N) is 1. The summed E-state index contributed by atoms with van der Waals surface area (Å²) in [6, 6.07) is 11.9. The maximum absolute atomic E-state index is 12.7. The molecule has 0 radical (unpaired) electrons. The van der Waals surface area contributed by atoms with E-state index in [4.69, 9.17) is 5.73 Å². The molecule has 1 amide bonds. The Morgan fingerprint density at radius 3 is 2.73 bits per heavy atom. The summed E-state index contributed by atoms with van der Waals surface area (Å²) < 4.78 is 2.72. The highest BCUT2D eigenvalue weighted by molar-refractivity contribution is 9.10. The SMILES string of the molecule is Cc1sc(C(=O)NC(CN)Cc2ccccc2)cc1-c1c(Br)cnn1C. The average molecular weight is 433 g/mol. The molecular formula is C19H21BrN4OS. The quantitative estimate of drug-likeness (QED) is 0.625. The topological polar surface area (TPSA) is 72.9 Å². The number of hydrogen-bond donors (Lipinski definition) is 2. The molecule has 3 rings (SSSR count). The number of halogens is 1. The molecule has 26 heavy (non-hydrogen) atoms. The molecule has 2 aromatic heterocycles. The lowest BCUT2D eigenvalue weighted by Crippen LogP contribution is -2.41. The first-order valence-electron chi connectivity index (χ1n) is 8.32. The summed E-state index contributed by atoms with van der Waals surface area (Å²) in [7, 11) is 1.89. The number of hydrogen-bond acceptors (Lipinski definition) is 4. The Morgan fingerprint density at radius 2 is 2.12 bits per heavy atom. The normalized spacial score (nSPS) is 12.2. The number of amides is 1. The predicted octanol–water partition coefficient (Wildman–Crippen LogP) is 3.52. The van der Waals surface area contributed by atoms with Crippen molar-refractivity contribution in [2.24, 2.45) is 12.8 Å². The molecule has 0 aliphatic heterocycles. The van der Waals surface area contributed by atoms with E-state index in [-0.39, 0.29) is 11.9 Å². The maximum Gasteiger partial charge on any atom is 0.261 e. The number of carbonyl (C=O) groups excluding carboxylic acids is 1. The second-order valence-corrected chi connectivity index (χ2v) is 8.25. The molecule has 0 aliphatic rings. The van der Waals surface area contributed by atoms with Crippen molar-refractivity contribution in [2.45, 2.75) is 19.4 Å². The molecule has 0 spiro atoms. The van der Waals surface area contributed by atoms with Gasteiger partial charge in [-0.05, 0) is 40.9 Å². The lowest BCUT2D eigenvalue weighted by Gasteiger charge is -2.16. The molecule has 1 unspecified atom stereocenters. The van der Waals surface area contributed by atoms with E-state index in [2.05, 4.69) is 26.3 Å². The molecule has 0 saturated heterocycles. The molecule has 1 atom stereocenters. The highest BCUT2D eigenvalue weighted by atomic mass is 79.9. The van der Waals surface area contributed by atoms with Gasteiger partial charge in [-0.2, -0.15) is 5.10 Å². The van der Waals surface area contributed by atoms with Crippen LogP contribution in [0.4, 0.5) is 0 Å². The van der Waals surface area contributed by atoms with Crippen LogP contribution in [0.15, 0.2) is 47.1 Å². The Bertz CT molecular complexity index is 884. The van der Waals surface area contributed by atoms with Crippen LogP contribution in [0.5, 0.6) is 0 Å². The van der Waals surface area contributed by atoms with E-state index in [1.807, 2.05) is 50.4 Å². The third-order valence-electron chi connectivity index (χ3n) is 4.24. The van der Waals surface area contributed by atoms with Crippen molar-refractivity contribution in [3.8, 4) is 11.3 Å². The van der Waals surface area contributed by atoms with Gasteiger partial charge in [-0.25, -0.2) is 0 Å². The van der Waals surface area contributed by atoms with Crippen LogP contribution < -0.4 is 11.1 Å². The van der Waals surface area contributed by atoms with Crippen LogP contribution in [0.2, 0.25) is 0 Å². The minimum atomic E-state index is -0.0980. The van der Waals surface area contributed by atoms with Gasteiger partial charge in [-0.3, -0.25) is 9.48 Å². The lowest BCUT2D eigenvalue weighted by molar-refractivity contribution is 0.0942. The highest BCUT2D eigenvalue weighted by Crippen LogP contribution is 2.35. The van der Waals surface area contributed by atoms with E-state index in [1.165, 1.54) is 11.3 Å². The molecule has 0 saturated carbocycles. The minimum absolute atomic E-state index is 0.0889. The largest absolute Gasteiger partial charge is 0.347 e. The fourth-order valence-corrected chi connectivity index (χ4v) is 4.38. The summed E-state index contributed by atoms with van der Waals surface area (Å²) >= 11 is 5.01. The number of thiophene rings is 1. The van der Waals surface area contributed by atoms with Gasteiger partial charge in [0.15, 0.2) is 0 Å². The first-order valence-corrected chi connectivity index (χ1v) is 9.93. The van der Waals surface area contributed by atoms with Gasteiger partial charge in [-0.1, -0.05) is 30.3 Å². The van der Waals surface area contributed by atoms with Crippen LogP contribution >= 0.6 is 27.3 Å². The first kappa shape index (κ1) is 18.8. The minimum Gasteiger partial charge on any atom is -0.347 e. The van der Waals surface area contributed by atoms with Gasteiger partial charge in [0.05, 0.1) is 21.2 Å². The van der Waals surface area contributed by atoms with Crippen LogP contribution in [-0.2, 0) is 13.5 Å². The van der Waals surface area contributed by atoms with Crippen LogP contribution in [0.3, 0.4) is 0 Å². The predicted molar refractivity (Wildman–Crippen MR) is 109 cm³/mol. The second kappa shape index (κ2) is 8.16. The molecule has 3 aromatic rings. The standard InChI is InChI=1S/C19H21BrN4OS/c1-12-15(18-16(20)11-22-24(18)2)9-17(26-12)19(25)23-14(10-21)8-13-6-4-3-5-7-13/h3-7,9,11,14H,8,10,21H2,1-2H3,(H,23,25). The molecular weight excluding hydrogens is 412 g/mol. The van der Waals surface area contributed by atoms with E-state index in [0.717, 1.165) is 26.2 Å². The number of aromatic nitrogens is 2. The van der Waals surface area contributed by atoms with Crippen molar-refractivity contribution >= 4 is 33.2 Å². The Kier molecular flexibility index (Phi) is 5.90. The van der Waals surface area contributed by atoms with Gasteiger partial charge in [0.2, 0.25) is 0 Å². The van der Waals surface area contributed by atoms with E-state index < -0.39 is 0 Å². The van der Waals surface area contributed by atoms with Gasteiger partial charge in [0, 0.05) is 30.1 Å². The van der Waals surface area contributed by atoms with E-state index in [1.54, 1.807) is 10.9 Å². The highest BCUT2D eigenvalue weighted by Gasteiger charge is 2.19. The van der Waals surface area contributed by atoms with Crippen LogP contribution in [0, 0.1) is 6.92 Å². The van der Waals surface area contributed by atoms with Crippen molar-refractivity contribution in [1.82, 2.24) is 15.1 Å². The number of nitrogens with zero attached hydrogens (tertiary/aromatic N) is 2. The summed E-state index contributed by atoms with van der Waals surface area (Å²) in [6.07, 6.45) is 2.48. The van der Waals surface area contributed by atoms with Crippen LogP contribution in [0.25, 0.3) is 11.3 Å². The summed E-state index contributed by atoms with van der Waals surface area (Å²) in [6.45, 7) is 2.41. The molecule has 0 fully saturated rings. The Balaban J connectivity index is 1.77. The molecule has 0 aliphatic carbocycles. The van der Waals surface area contributed by atoms with Crippen molar-refractivity contribution in [3.63, 3.8) is 0 Å². The zero-order chi connectivity index (χ0) is 18.7. The molecule has 136 valence electrons. The lowest BCUT2D eigenvalue weighted by atomic mass is 10.1. The Morgan fingerprint density at radius 1 is 1.38 bits per heavy atom. The number of rotatable bonds is 6. The van der Waals surface area contributed by atoms with Gasteiger partial charge < -0.3 is 11.1 Å². The number of carbonyl (C=O) groups is 1. The Hall–Kier alpha value is -1.96. The maximum atomic E-state index is 12.7. The average Bonchev–Trinajstić information content (AvgIpc) is 3.17. The molecule has 5 nitrogen and oxygen atoms in total. The van der Waals surface area contributed by atoms with Gasteiger partial charge in [-0.15, -0.1) is 11.3 Å². The van der Waals surface area contributed by atoms with E-state index in [0.29, 0.717) is 17.8 Å². The number of benzene rings is 1. The Labute approximate surface area is 165 Å². The number of nitrogens with two attached hydrogens (primary N) is 1. The van der Waals surface area contributed by atoms with Crippen molar-refractivity contribution < 1.29 is 4.79 Å². The van der Waals surface area contributed by atoms with Gasteiger partial charge >= 0.3 is 0 Å². The molecule has 7 heteroatoms. The summed E-state index contributed by atoms with van der Waals surface area (Å²) in [5.74, 6) is -0.0889. The molecule has 3 N–H and O–H groups in total. The number of aryl methyl sites for hydroxylation is 2. The molecule has 1 aromatic carbocycles. The molecule has 0 bridgehead atoms. The zero-order valence-corrected chi connectivity index (χ0v) is 17.1. The van der Waals surface area contributed by atoms with Crippen molar-refractivity contribution in [2.75, 3.05) is 6.54 Å². The summed E-state index contributed by atoms with van der Waals surface area (Å²) in [5.41, 5.74) is 9.01. The fraction of sp³-hybridized carbons (Fsp3) is 0.263. The fourth-order valence-electron chi connectivity index (χ4n) is 2.89. The first-order chi connectivity index (χ1) is 12.5. The second-order valence-electron chi connectivity index (χ2n) is 6.14. The zero-order valence-electron chi connectivity index (χ0n) is 14.7.